The third-order valence-electron chi connectivity index (χ3n) is 26.0. The molecule has 10 aromatic carbocycles. The Morgan fingerprint density at radius 3 is 1.14 bits per heavy atom. The zero-order valence-electron chi connectivity index (χ0n) is 80.0. The standard InChI is InChI=1S/C31H31Cl2N3O4.C29H25ClFN5O3.C27H27ClN4O3.C24H26Cl2N2O3/c32-22-4-9-25(10-5-22)40-31(37)36-14-12-26-27-20-23(33)6-11-28(27)34-29(26)30(36)21-2-7-24(8-3-21)39-17-1-13-35-15-18-38-19-16-35;30-20-4-11-26-25(16-20)24-12-14-36(29(37)39-23-9-5-21(31)6-10-23)28(27(24)34-26)19-2-7-22(8-3-19)38-15-1-13-35-18-32-17-33-35;1-18(2)35-27(33)32-13-10-22-23-16-20(28)6-9-24(23)30-25(22)26(32)19-4-7-21(8-5-19)34-15-3-12-31-14-11-29-17-31;1-2-13-31-24(29)28-12-10-19-20-15-17(26)6-9-21(20)27-22(19)23(28)16-4-7-18(8-5-16)30-14-3-11-25/h2-11,20,30,34H,1,12-19H2;2-11,16-18,28,34H,1,12-15H2;4-9,11,14,16-17,26,30H,1,3,10,12-13,15H2,2H3;4-9,15,23,27H,2-3,10-14H2,1H3. The molecule has 145 heavy (non-hydrogen) atoms. The van der Waals surface area contributed by atoms with Crippen molar-refractivity contribution in [2.45, 2.75) is 109 Å². The number of imidazole rings is 1. The first-order chi connectivity index (χ1) is 70.7. The van der Waals surface area contributed by atoms with E-state index < -0.39 is 30.1 Å². The molecule has 4 N–H and O–H groups in total. The first-order valence-electron chi connectivity index (χ1n) is 48.5. The van der Waals surface area contributed by atoms with E-state index in [0.29, 0.717) is 121 Å². The summed E-state index contributed by atoms with van der Waals surface area (Å²) in [5.74, 6) is 4.38. The molecule has 4 amide bonds. The number of aromatic nitrogens is 9. The van der Waals surface area contributed by atoms with Gasteiger partial charge >= 0.3 is 24.4 Å². The van der Waals surface area contributed by atoms with Crippen LogP contribution in [0.15, 0.2) is 262 Å². The normalized spacial score (nSPS) is 15.8. The van der Waals surface area contributed by atoms with Crippen molar-refractivity contribution in [1.29, 1.82) is 0 Å². The summed E-state index contributed by atoms with van der Waals surface area (Å²) in [7, 11) is 0. The van der Waals surface area contributed by atoms with Crippen LogP contribution in [0, 0.1) is 5.82 Å². The zero-order chi connectivity index (χ0) is 100. The predicted octanol–water partition coefficient (Wildman–Crippen LogP) is 25.3. The second-order valence-corrected chi connectivity index (χ2v) is 38.3. The number of hydrogen-bond acceptors (Lipinski definition) is 17. The number of nitrogens with one attached hydrogen (secondary N) is 4. The molecule has 27 nitrogen and oxygen atoms in total. The van der Waals surface area contributed by atoms with Crippen molar-refractivity contribution in [3.63, 3.8) is 0 Å². The molecule has 750 valence electrons. The smallest absolute Gasteiger partial charge is 0.416 e. The highest BCUT2D eigenvalue weighted by Gasteiger charge is 2.41. The maximum Gasteiger partial charge on any atom is 0.416 e. The Balaban J connectivity index is 0.000000128. The highest BCUT2D eigenvalue weighted by molar-refractivity contribution is 6.32. The maximum absolute atomic E-state index is 13.5. The van der Waals surface area contributed by atoms with Crippen molar-refractivity contribution in [2.24, 2.45) is 0 Å². The second-order valence-electron chi connectivity index (χ2n) is 35.7. The van der Waals surface area contributed by atoms with Gasteiger partial charge in [0.1, 0.15) is 77.1 Å². The number of aryl methyl sites for hydroxylation is 2. The molecular formula is C111H109Cl6FN14O13. The number of aromatic amines is 4. The molecule has 16 aromatic rings. The van der Waals surface area contributed by atoms with E-state index in [1.807, 2.05) is 188 Å². The molecule has 21 rings (SSSR count). The van der Waals surface area contributed by atoms with Crippen LogP contribution in [0.2, 0.25) is 25.1 Å². The van der Waals surface area contributed by atoms with Crippen LogP contribution < -0.4 is 28.4 Å². The van der Waals surface area contributed by atoms with Gasteiger partial charge in [-0.25, -0.2) is 33.5 Å². The van der Waals surface area contributed by atoms with Gasteiger partial charge in [0.05, 0.1) is 58.3 Å². The number of H-pyrrole nitrogens is 4. The Labute approximate surface area is 868 Å². The predicted molar refractivity (Wildman–Crippen MR) is 562 cm³/mol. The van der Waals surface area contributed by atoms with Crippen molar-refractivity contribution in [3.05, 3.63) is 360 Å². The van der Waals surface area contributed by atoms with Crippen LogP contribution in [-0.4, -0.2) is 191 Å². The fourth-order valence-corrected chi connectivity index (χ4v) is 20.1. The van der Waals surface area contributed by atoms with Gasteiger partial charge in [0.25, 0.3) is 0 Å². The van der Waals surface area contributed by atoms with Crippen molar-refractivity contribution in [2.75, 3.05) is 97.9 Å². The molecule has 4 atom stereocenters. The Hall–Kier alpha value is -13.7. The molecular weight excluding hydrogens is 1970 g/mol. The Kier molecular flexibility index (Phi) is 33.5. The lowest BCUT2D eigenvalue weighted by Crippen LogP contribution is -2.42. The van der Waals surface area contributed by atoms with Gasteiger partial charge in [0.15, 0.2) is 0 Å². The fourth-order valence-electron chi connectivity index (χ4n) is 19.2. The number of amides is 4. The van der Waals surface area contributed by atoms with Gasteiger partial charge in [-0.05, 0) is 273 Å². The number of carbonyl (C=O) groups excluding carboxylic acids is 4. The number of morpholine rings is 1. The van der Waals surface area contributed by atoms with E-state index in [1.165, 1.54) is 47.3 Å². The van der Waals surface area contributed by atoms with Crippen molar-refractivity contribution in [3.8, 4) is 34.5 Å². The fraction of sp³-hybridized carbons (Fsp3) is 0.288. The third kappa shape index (κ3) is 24.8. The molecule has 1 fully saturated rings. The molecule has 1 saturated heterocycles. The van der Waals surface area contributed by atoms with Crippen LogP contribution in [-0.2, 0) is 53.0 Å². The number of rotatable bonds is 28. The first-order valence-corrected chi connectivity index (χ1v) is 50.9. The topological polar surface area (TPSA) is 279 Å². The molecule has 0 aliphatic carbocycles. The Bertz CT molecular complexity index is 7130. The van der Waals surface area contributed by atoms with E-state index in [0.717, 1.165) is 202 Å². The summed E-state index contributed by atoms with van der Waals surface area (Å²) in [6, 6.07) is 65.6. The van der Waals surface area contributed by atoms with Crippen LogP contribution in [0.5, 0.6) is 34.5 Å². The van der Waals surface area contributed by atoms with Gasteiger partial charge in [-0.15, -0.1) is 11.6 Å². The summed E-state index contributed by atoms with van der Waals surface area (Å²) >= 11 is 36.9. The number of allylic oxidation sites excluding steroid dienone is 1. The molecule has 4 unspecified atom stereocenters. The van der Waals surface area contributed by atoms with E-state index in [-0.39, 0.29) is 30.0 Å². The quantitative estimate of drug-likeness (QED) is 0.0201. The highest BCUT2D eigenvalue weighted by atomic mass is 35.5. The number of fused-ring (bicyclic) bond motifs is 12. The molecule has 0 saturated carbocycles. The molecule has 0 spiro atoms. The Morgan fingerprint density at radius 2 is 0.772 bits per heavy atom. The van der Waals surface area contributed by atoms with Crippen molar-refractivity contribution >= 4 is 138 Å². The van der Waals surface area contributed by atoms with Crippen molar-refractivity contribution < 1.29 is 66.2 Å². The molecule has 5 aliphatic heterocycles. The minimum absolute atomic E-state index is 0.267. The molecule has 5 aliphatic rings. The summed E-state index contributed by atoms with van der Waals surface area (Å²) in [4.78, 5) is 84.3. The summed E-state index contributed by atoms with van der Waals surface area (Å²) < 4.78 is 68.5. The number of hydrogen-bond donors (Lipinski definition) is 4. The summed E-state index contributed by atoms with van der Waals surface area (Å²) in [5, 5.41) is 11.7. The first kappa shape index (κ1) is 101. The molecule has 0 radical (unpaired) electrons. The van der Waals surface area contributed by atoms with Crippen LogP contribution in [0.25, 0.3) is 43.6 Å². The van der Waals surface area contributed by atoms with Gasteiger partial charge in [0.2, 0.25) is 0 Å². The SMILES string of the molecule is C=C(C)OC(=O)N1CCc2c([nH]c3ccc(Cl)cc23)C1c1ccc(OCCCn2ccnc2)cc1.CCCOC(=O)N1CCc2c([nH]c3ccc(Cl)cc23)C1c1ccc(OCCCCl)cc1.O=C(Oc1ccc(Cl)cc1)N1CCc2c([nH]c3ccc(Cl)cc23)C1c1ccc(OCCCN2CCOCC2)cc1.O=C(Oc1ccc(F)cc1)N1CCc2c([nH]c3ccc(Cl)cc23)C1c1ccc(OCCCn2cncn2)cc1. The molecule has 0 bridgehead atoms. The average molecular weight is 2080 g/mol. The van der Waals surface area contributed by atoms with Gasteiger partial charge in [-0.3, -0.25) is 29.2 Å². The number of carbonyl (C=O) groups is 4. The monoisotopic (exact) mass is 2070 g/mol. The Morgan fingerprint density at radius 1 is 0.414 bits per heavy atom. The van der Waals surface area contributed by atoms with Gasteiger partial charge in [0, 0.05) is 175 Å². The van der Waals surface area contributed by atoms with Gasteiger partial charge < -0.3 is 67.1 Å². The maximum atomic E-state index is 13.5. The van der Waals surface area contributed by atoms with Crippen molar-refractivity contribution in [1.82, 2.24) is 68.8 Å². The summed E-state index contributed by atoms with van der Waals surface area (Å²) in [5.41, 5.74) is 16.3. The van der Waals surface area contributed by atoms with E-state index >= 15 is 0 Å². The van der Waals surface area contributed by atoms with Crippen LogP contribution in [0.4, 0.5) is 23.6 Å². The minimum Gasteiger partial charge on any atom is -0.494 e. The number of nitrogens with zero attached hydrogens (tertiary/aromatic N) is 10. The number of benzene rings is 10. The summed E-state index contributed by atoms with van der Waals surface area (Å²) in [6.45, 7) is 18.3. The van der Waals surface area contributed by atoms with Gasteiger partial charge in [-0.1, -0.05) is 120 Å². The average Bonchev–Trinajstić information content (AvgIpc) is 1.61. The van der Waals surface area contributed by atoms with Crippen LogP contribution >= 0.6 is 69.6 Å². The number of alkyl halides is 1. The highest BCUT2D eigenvalue weighted by Crippen LogP contribution is 2.46. The number of ether oxygens (including phenoxy) is 9. The largest absolute Gasteiger partial charge is 0.494 e. The van der Waals surface area contributed by atoms with Gasteiger partial charge in [-0.2, -0.15) is 5.10 Å². The van der Waals surface area contributed by atoms with E-state index in [4.69, 9.17) is 112 Å². The van der Waals surface area contributed by atoms with E-state index in [2.05, 4.69) is 46.5 Å². The van der Waals surface area contributed by atoms with E-state index in [9.17, 15) is 23.6 Å². The molecule has 11 heterocycles. The minimum atomic E-state index is -0.512. The third-order valence-corrected chi connectivity index (χ3v) is 27.5. The van der Waals surface area contributed by atoms with Crippen LogP contribution in [0.3, 0.4) is 0 Å². The second kappa shape index (κ2) is 47.9. The van der Waals surface area contributed by atoms with E-state index in [1.54, 1.807) is 74.3 Å². The molecule has 6 aromatic heterocycles. The molecule has 34 heteroatoms. The lowest BCUT2D eigenvalue weighted by molar-refractivity contribution is 0.0358. The lowest BCUT2D eigenvalue weighted by atomic mass is 9.92. The summed E-state index contributed by atoms with van der Waals surface area (Å²) in [6.07, 6.45) is 14.0. The number of halogens is 7. The van der Waals surface area contributed by atoms with Crippen LogP contribution in [0.1, 0.15) is 137 Å². The lowest BCUT2D eigenvalue weighted by Gasteiger charge is -2.35. The zero-order valence-corrected chi connectivity index (χ0v) is 84.5.